The zero-order valence-corrected chi connectivity index (χ0v) is 10.7. The summed E-state index contributed by atoms with van der Waals surface area (Å²) in [6.07, 6.45) is 0. The molecular weight excluding hydrogens is 200 g/mol. The van der Waals surface area contributed by atoms with Crippen molar-refractivity contribution < 1.29 is 9.90 Å². The minimum Gasteiger partial charge on any atom is -0.478 e. The van der Waals surface area contributed by atoms with Crippen molar-refractivity contribution in [2.45, 2.75) is 46.0 Å². The fraction of sp³-hybridized carbons (Fsp3) is 0.500. The molecule has 0 aliphatic heterocycles. The largest absolute Gasteiger partial charge is 0.478 e. The molecule has 0 aromatic heterocycles. The number of hydrogen-bond donors (Lipinski definition) is 1. The molecule has 2 nitrogen and oxygen atoms in total. The van der Waals surface area contributed by atoms with Crippen LogP contribution in [0.5, 0.6) is 0 Å². The molecule has 0 radical (unpaired) electrons. The Morgan fingerprint density at radius 2 is 1.81 bits per heavy atom. The van der Waals surface area contributed by atoms with E-state index in [1.807, 2.05) is 26.0 Å². The van der Waals surface area contributed by atoms with E-state index in [0.717, 1.165) is 5.56 Å². The molecule has 0 saturated carbocycles. The lowest BCUT2D eigenvalue weighted by Crippen LogP contribution is -2.13. The first-order chi connectivity index (χ1) is 7.23. The third-order valence-electron chi connectivity index (χ3n) is 2.77. The molecule has 0 aliphatic rings. The van der Waals surface area contributed by atoms with E-state index in [2.05, 4.69) is 20.8 Å². The Balaban J connectivity index is 3.34. The summed E-state index contributed by atoms with van der Waals surface area (Å²) in [6.45, 7) is 10.4. The van der Waals surface area contributed by atoms with Gasteiger partial charge in [0.25, 0.3) is 0 Å². The SMILES string of the molecule is CC(C)c1cc(C(C)(C)C)ccc1C(=O)O. The molecule has 0 unspecified atom stereocenters. The first-order valence-corrected chi connectivity index (χ1v) is 5.61. The third-order valence-corrected chi connectivity index (χ3v) is 2.77. The van der Waals surface area contributed by atoms with Crippen LogP contribution in [0, 0.1) is 0 Å². The van der Waals surface area contributed by atoms with Gasteiger partial charge in [0.2, 0.25) is 0 Å². The maximum atomic E-state index is 11.1. The number of carboxylic acid groups (broad SMARTS) is 1. The van der Waals surface area contributed by atoms with E-state index in [0.29, 0.717) is 5.56 Å². The minimum absolute atomic E-state index is 0.0562. The molecule has 0 saturated heterocycles. The van der Waals surface area contributed by atoms with Gasteiger partial charge in [-0.2, -0.15) is 0 Å². The predicted molar refractivity (Wildman–Crippen MR) is 66.2 cm³/mol. The van der Waals surface area contributed by atoms with Crippen LogP contribution in [0.2, 0.25) is 0 Å². The Labute approximate surface area is 97.3 Å². The highest BCUT2D eigenvalue weighted by molar-refractivity contribution is 5.89. The Morgan fingerprint density at radius 1 is 1.25 bits per heavy atom. The number of rotatable bonds is 2. The van der Waals surface area contributed by atoms with Gasteiger partial charge in [-0.1, -0.05) is 46.8 Å². The average molecular weight is 220 g/mol. The predicted octanol–water partition coefficient (Wildman–Crippen LogP) is 3.81. The van der Waals surface area contributed by atoms with Crippen LogP contribution in [0.4, 0.5) is 0 Å². The molecule has 1 aromatic rings. The second kappa shape index (κ2) is 4.28. The van der Waals surface area contributed by atoms with Gasteiger partial charge < -0.3 is 5.11 Å². The lowest BCUT2D eigenvalue weighted by atomic mass is 9.83. The quantitative estimate of drug-likeness (QED) is 0.823. The molecule has 88 valence electrons. The van der Waals surface area contributed by atoms with E-state index in [4.69, 9.17) is 5.11 Å². The van der Waals surface area contributed by atoms with Gasteiger partial charge in [0, 0.05) is 0 Å². The van der Waals surface area contributed by atoms with Gasteiger partial charge in [-0.25, -0.2) is 4.79 Å². The van der Waals surface area contributed by atoms with Crippen LogP contribution in [-0.4, -0.2) is 11.1 Å². The van der Waals surface area contributed by atoms with Gasteiger partial charge in [-0.3, -0.25) is 0 Å². The molecule has 0 fully saturated rings. The first kappa shape index (κ1) is 12.8. The molecule has 1 rings (SSSR count). The summed E-state index contributed by atoms with van der Waals surface area (Å²) in [4.78, 5) is 11.1. The van der Waals surface area contributed by atoms with Crippen LogP contribution in [-0.2, 0) is 5.41 Å². The summed E-state index contributed by atoms with van der Waals surface area (Å²) in [5.41, 5.74) is 2.57. The maximum absolute atomic E-state index is 11.1. The van der Waals surface area contributed by atoms with Gasteiger partial charge in [-0.15, -0.1) is 0 Å². The standard InChI is InChI=1S/C14H20O2/c1-9(2)12-8-10(14(3,4)5)6-7-11(12)13(15)16/h6-9H,1-5H3,(H,15,16). The summed E-state index contributed by atoms with van der Waals surface area (Å²) in [5, 5.41) is 9.11. The fourth-order valence-electron chi connectivity index (χ4n) is 1.70. The van der Waals surface area contributed by atoms with Crippen molar-refractivity contribution in [1.82, 2.24) is 0 Å². The summed E-state index contributed by atoms with van der Waals surface area (Å²) in [5.74, 6) is -0.613. The lowest BCUT2D eigenvalue weighted by Gasteiger charge is -2.21. The minimum atomic E-state index is -0.843. The van der Waals surface area contributed by atoms with Crippen molar-refractivity contribution >= 4 is 5.97 Å². The smallest absolute Gasteiger partial charge is 0.335 e. The third kappa shape index (κ3) is 2.63. The van der Waals surface area contributed by atoms with Crippen molar-refractivity contribution in [2.24, 2.45) is 0 Å². The van der Waals surface area contributed by atoms with E-state index >= 15 is 0 Å². The van der Waals surface area contributed by atoms with E-state index in [9.17, 15) is 4.79 Å². The van der Waals surface area contributed by atoms with Gasteiger partial charge >= 0.3 is 5.97 Å². The summed E-state index contributed by atoms with van der Waals surface area (Å²) >= 11 is 0. The van der Waals surface area contributed by atoms with Gasteiger partial charge in [0.1, 0.15) is 0 Å². The second-order valence-electron chi connectivity index (χ2n) is 5.51. The molecule has 1 N–H and O–H groups in total. The van der Waals surface area contributed by atoms with Crippen LogP contribution < -0.4 is 0 Å². The average Bonchev–Trinajstić information content (AvgIpc) is 2.15. The van der Waals surface area contributed by atoms with Crippen LogP contribution in [0.3, 0.4) is 0 Å². The normalized spacial score (nSPS) is 11.9. The second-order valence-corrected chi connectivity index (χ2v) is 5.51. The topological polar surface area (TPSA) is 37.3 Å². The number of benzene rings is 1. The summed E-state index contributed by atoms with van der Waals surface area (Å²) in [7, 11) is 0. The van der Waals surface area contributed by atoms with Crippen molar-refractivity contribution in [2.75, 3.05) is 0 Å². The molecule has 0 spiro atoms. The molecule has 16 heavy (non-hydrogen) atoms. The number of aromatic carboxylic acids is 1. The van der Waals surface area contributed by atoms with Crippen LogP contribution in [0.25, 0.3) is 0 Å². The maximum Gasteiger partial charge on any atom is 0.335 e. The van der Waals surface area contributed by atoms with Gasteiger partial charge in [0.15, 0.2) is 0 Å². The molecule has 0 bridgehead atoms. The molecule has 0 heterocycles. The molecule has 0 amide bonds. The Hall–Kier alpha value is -1.31. The first-order valence-electron chi connectivity index (χ1n) is 5.61. The van der Waals surface area contributed by atoms with Crippen molar-refractivity contribution in [1.29, 1.82) is 0 Å². The number of carboxylic acids is 1. The molecule has 0 aliphatic carbocycles. The van der Waals surface area contributed by atoms with Crippen LogP contribution in [0.15, 0.2) is 18.2 Å². The van der Waals surface area contributed by atoms with E-state index in [1.165, 1.54) is 5.56 Å². The zero-order valence-electron chi connectivity index (χ0n) is 10.7. The molecule has 0 atom stereocenters. The fourth-order valence-corrected chi connectivity index (χ4v) is 1.70. The summed E-state index contributed by atoms with van der Waals surface area (Å²) in [6, 6.07) is 5.65. The van der Waals surface area contributed by atoms with Crippen molar-refractivity contribution in [3.05, 3.63) is 34.9 Å². The summed E-state index contributed by atoms with van der Waals surface area (Å²) < 4.78 is 0. The highest BCUT2D eigenvalue weighted by atomic mass is 16.4. The molecular formula is C14H20O2. The number of hydrogen-bond acceptors (Lipinski definition) is 1. The van der Waals surface area contributed by atoms with E-state index < -0.39 is 5.97 Å². The molecule has 2 heteroatoms. The van der Waals surface area contributed by atoms with Crippen molar-refractivity contribution in [3.63, 3.8) is 0 Å². The zero-order chi connectivity index (χ0) is 12.5. The van der Waals surface area contributed by atoms with E-state index in [1.54, 1.807) is 6.07 Å². The van der Waals surface area contributed by atoms with Crippen LogP contribution in [0.1, 0.15) is 62.0 Å². The highest BCUT2D eigenvalue weighted by Crippen LogP contribution is 2.28. The monoisotopic (exact) mass is 220 g/mol. The Bertz CT molecular complexity index is 398. The lowest BCUT2D eigenvalue weighted by molar-refractivity contribution is 0.0695. The van der Waals surface area contributed by atoms with Crippen LogP contribution >= 0.6 is 0 Å². The Kier molecular flexibility index (Phi) is 3.41. The van der Waals surface area contributed by atoms with E-state index in [-0.39, 0.29) is 11.3 Å². The molecule has 1 aromatic carbocycles. The Morgan fingerprint density at radius 3 is 2.19 bits per heavy atom. The van der Waals surface area contributed by atoms with Gasteiger partial charge in [0.05, 0.1) is 5.56 Å². The van der Waals surface area contributed by atoms with Gasteiger partial charge in [-0.05, 0) is 28.5 Å². The highest BCUT2D eigenvalue weighted by Gasteiger charge is 2.18. The van der Waals surface area contributed by atoms with Crippen molar-refractivity contribution in [3.8, 4) is 0 Å². The number of carbonyl (C=O) groups is 1.